The molecule has 0 saturated carbocycles. The summed E-state index contributed by atoms with van der Waals surface area (Å²) in [6.45, 7) is 4.12. The van der Waals surface area contributed by atoms with Crippen LogP contribution >= 0.6 is 0 Å². The summed E-state index contributed by atoms with van der Waals surface area (Å²) in [5, 5.41) is 7.43. The fourth-order valence-corrected chi connectivity index (χ4v) is 3.57. The molecule has 0 spiro atoms. The molecule has 0 aliphatic rings. The number of hydrogen-bond donors (Lipinski definition) is 2. The molecule has 166 valence electrons. The van der Waals surface area contributed by atoms with Gasteiger partial charge >= 0.3 is 0 Å². The Hall–Kier alpha value is -4.39. The number of nitrogens with one attached hydrogen (secondary N) is 1. The van der Waals surface area contributed by atoms with E-state index in [1.807, 2.05) is 54.9 Å². The van der Waals surface area contributed by atoms with Crippen molar-refractivity contribution in [3.8, 4) is 11.4 Å². The quantitative estimate of drug-likeness (QED) is 0.444. The van der Waals surface area contributed by atoms with E-state index in [-0.39, 0.29) is 12.5 Å². The molecule has 0 aliphatic heterocycles. The van der Waals surface area contributed by atoms with E-state index in [0.29, 0.717) is 22.6 Å². The Morgan fingerprint density at radius 1 is 0.970 bits per heavy atom. The van der Waals surface area contributed by atoms with Crippen molar-refractivity contribution in [1.29, 1.82) is 0 Å². The van der Waals surface area contributed by atoms with E-state index >= 15 is 0 Å². The van der Waals surface area contributed by atoms with E-state index in [4.69, 9.17) is 10.5 Å². The molecule has 1 heterocycles. The van der Waals surface area contributed by atoms with E-state index in [2.05, 4.69) is 10.4 Å². The number of primary amides is 1. The molecule has 1 aromatic heterocycles. The number of nitrogens with zero attached hydrogens (tertiary/aromatic N) is 2. The lowest BCUT2D eigenvalue weighted by Crippen LogP contribution is -2.14. The first-order valence-corrected chi connectivity index (χ1v) is 10.5. The Morgan fingerprint density at radius 3 is 2.52 bits per heavy atom. The van der Waals surface area contributed by atoms with Crippen molar-refractivity contribution in [1.82, 2.24) is 9.78 Å². The lowest BCUT2D eigenvalue weighted by molar-refractivity contribution is 0.0994. The van der Waals surface area contributed by atoms with Crippen LogP contribution in [-0.2, 0) is 6.61 Å². The van der Waals surface area contributed by atoms with E-state index in [1.165, 1.54) is 0 Å². The maximum absolute atomic E-state index is 12.9. The lowest BCUT2D eigenvalue weighted by atomic mass is 10.1. The normalized spacial score (nSPS) is 10.6. The number of hydrogen-bond acceptors (Lipinski definition) is 4. The minimum absolute atomic E-state index is 0.193. The van der Waals surface area contributed by atoms with Crippen LogP contribution in [0.4, 0.5) is 5.69 Å². The Morgan fingerprint density at radius 2 is 1.76 bits per heavy atom. The highest BCUT2D eigenvalue weighted by atomic mass is 16.5. The van der Waals surface area contributed by atoms with Gasteiger partial charge in [0.15, 0.2) is 0 Å². The summed E-state index contributed by atoms with van der Waals surface area (Å²) in [5.41, 5.74) is 10.5. The summed E-state index contributed by atoms with van der Waals surface area (Å²) in [5.74, 6) is -0.387. The summed E-state index contributed by atoms with van der Waals surface area (Å²) in [4.78, 5) is 24.4. The Bertz CT molecular complexity index is 1330. The largest absolute Gasteiger partial charge is 0.488 e. The molecule has 0 unspecified atom stereocenters. The Balaban J connectivity index is 1.47. The third kappa shape index (κ3) is 5.10. The first-order valence-electron chi connectivity index (χ1n) is 10.5. The van der Waals surface area contributed by atoms with Gasteiger partial charge in [0, 0.05) is 16.9 Å². The van der Waals surface area contributed by atoms with E-state index in [0.717, 1.165) is 22.6 Å². The summed E-state index contributed by atoms with van der Waals surface area (Å²) < 4.78 is 7.61. The fourth-order valence-electron chi connectivity index (χ4n) is 3.57. The van der Waals surface area contributed by atoms with Crippen LogP contribution in [0.1, 0.15) is 37.7 Å². The van der Waals surface area contributed by atoms with Gasteiger partial charge in [0.25, 0.3) is 11.8 Å². The fraction of sp³-hybridized carbons (Fsp3) is 0.115. The second kappa shape index (κ2) is 9.40. The van der Waals surface area contributed by atoms with Gasteiger partial charge in [-0.15, -0.1) is 0 Å². The highest BCUT2D eigenvalue weighted by Gasteiger charge is 2.11. The van der Waals surface area contributed by atoms with Gasteiger partial charge in [0.2, 0.25) is 0 Å². The zero-order chi connectivity index (χ0) is 23.4. The molecule has 0 atom stereocenters. The van der Waals surface area contributed by atoms with Crippen molar-refractivity contribution < 1.29 is 14.3 Å². The number of ether oxygens (including phenoxy) is 1. The molecule has 33 heavy (non-hydrogen) atoms. The number of nitrogens with two attached hydrogens (primary N) is 1. The van der Waals surface area contributed by atoms with Crippen LogP contribution < -0.4 is 15.8 Å². The monoisotopic (exact) mass is 440 g/mol. The first kappa shape index (κ1) is 21.8. The number of aromatic nitrogens is 2. The average Bonchev–Trinajstić information content (AvgIpc) is 3.16. The molecule has 0 fully saturated rings. The predicted molar refractivity (Wildman–Crippen MR) is 127 cm³/mol. The van der Waals surface area contributed by atoms with Crippen molar-refractivity contribution in [2.45, 2.75) is 20.5 Å². The highest BCUT2D eigenvalue weighted by molar-refractivity contribution is 6.04. The zero-order valence-corrected chi connectivity index (χ0v) is 18.4. The van der Waals surface area contributed by atoms with E-state index < -0.39 is 5.91 Å². The Kier molecular flexibility index (Phi) is 6.22. The number of amides is 2. The minimum Gasteiger partial charge on any atom is -0.488 e. The van der Waals surface area contributed by atoms with Crippen molar-refractivity contribution >= 4 is 17.5 Å². The number of anilines is 1. The molecule has 3 N–H and O–H groups in total. The van der Waals surface area contributed by atoms with Gasteiger partial charge in [-0.05, 0) is 67.9 Å². The minimum atomic E-state index is -0.554. The van der Waals surface area contributed by atoms with Gasteiger partial charge in [-0.2, -0.15) is 5.10 Å². The van der Waals surface area contributed by atoms with E-state index in [9.17, 15) is 9.59 Å². The SMILES string of the molecule is Cc1cc(C)n(-c2cccc(NC(=O)c3cccc(COc4ccccc4C(N)=O)c3)c2)n1. The number of rotatable bonds is 7. The molecule has 7 heteroatoms. The number of aryl methyl sites for hydroxylation is 2. The van der Waals surface area contributed by atoms with Gasteiger partial charge in [-0.1, -0.05) is 30.3 Å². The van der Waals surface area contributed by atoms with Crippen molar-refractivity contribution in [3.05, 3.63) is 107 Å². The van der Waals surface area contributed by atoms with Crippen LogP contribution in [0.15, 0.2) is 78.9 Å². The van der Waals surface area contributed by atoms with Gasteiger partial charge in [0.1, 0.15) is 12.4 Å². The van der Waals surface area contributed by atoms with Gasteiger partial charge < -0.3 is 15.8 Å². The standard InChI is InChI=1S/C26H24N4O3/c1-17-13-18(2)30(29-17)22-10-6-9-21(15-22)28-26(32)20-8-5-7-19(14-20)16-33-24-12-4-3-11-23(24)25(27)31/h3-15H,16H2,1-2H3,(H2,27,31)(H,28,32). The van der Waals surface area contributed by atoms with E-state index in [1.54, 1.807) is 42.5 Å². The van der Waals surface area contributed by atoms with Crippen LogP contribution in [0.25, 0.3) is 5.69 Å². The molecule has 4 rings (SSSR count). The third-order valence-electron chi connectivity index (χ3n) is 5.09. The molecule has 7 nitrogen and oxygen atoms in total. The maximum atomic E-state index is 12.9. The third-order valence-corrected chi connectivity index (χ3v) is 5.09. The zero-order valence-electron chi connectivity index (χ0n) is 18.4. The number of para-hydroxylation sites is 1. The van der Waals surface area contributed by atoms with Crippen molar-refractivity contribution in [2.75, 3.05) is 5.32 Å². The number of benzene rings is 3. The van der Waals surface area contributed by atoms with Crippen LogP contribution in [-0.4, -0.2) is 21.6 Å². The van der Waals surface area contributed by atoms with Crippen LogP contribution in [0.3, 0.4) is 0 Å². The molecule has 0 bridgehead atoms. The van der Waals surface area contributed by atoms with Crippen molar-refractivity contribution in [3.63, 3.8) is 0 Å². The topological polar surface area (TPSA) is 99.2 Å². The Labute approximate surface area is 191 Å². The smallest absolute Gasteiger partial charge is 0.255 e. The van der Waals surface area contributed by atoms with Crippen LogP contribution in [0.5, 0.6) is 5.75 Å². The highest BCUT2D eigenvalue weighted by Crippen LogP contribution is 2.20. The van der Waals surface area contributed by atoms with Gasteiger partial charge in [-0.3, -0.25) is 9.59 Å². The van der Waals surface area contributed by atoms with Crippen molar-refractivity contribution in [2.24, 2.45) is 5.73 Å². The second-order valence-corrected chi connectivity index (χ2v) is 7.69. The molecule has 0 aliphatic carbocycles. The van der Waals surface area contributed by atoms with Gasteiger partial charge in [-0.25, -0.2) is 4.68 Å². The van der Waals surface area contributed by atoms with Gasteiger partial charge in [0.05, 0.1) is 16.9 Å². The number of carbonyl (C=O) groups excluding carboxylic acids is 2. The molecule has 2 amide bonds. The maximum Gasteiger partial charge on any atom is 0.255 e. The molecule has 0 radical (unpaired) electrons. The summed E-state index contributed by atoms with van der Waals surface area (Å²) in [6, 6.07) is 23.5. The predicted octanol–water partition coefficient (Wildman–Crippen LogP) is 4.42. The average molecular weight is 441 g/mol. The second-order valence-electron chi connectivity index (χ2n) is 7.69. The number of carbonyl (C=O) groups is 2. The molecule has 0 saturated heterocycles. The molecular formula is C26H24N4O3. The molecule has 4 aromatic rings. The lowest BCUT2D eigenvalue weighted by Gasteiger charge is -2.11. The molecular weight excluding hydrogens is 416 g/mol. The van der Waals surface area contributed by atoms with Crippen LogP contribution in [0.2, 0.25) is 0 Å². The summed E-state index contributed by atoms with van der Waals surface area (Å²) >= 11 is 0. The summed E-state index contributed by atoms with van der Waals surface area (Å²) in [6.07, 6.45) is 0. The molecule has 3 aromatic carbocycles. The van der Waals surface area contributed by atoms with Crippen LogP contribution in [0, 0.1) is 13.8 Å². The summed E-state index contributed by atoms with van der Waals surface area (Å²) in [7, 11) is 0. The first-order chi connectivity index (χ1) is 15.9.